The molecule has 27 heavy (non-hydrogen) atoms. The normalized spacial score (nSPS) is 11.6. The number of rotatable bonds is 5. The standard InChI is InChI=1S/C17H17BrN4O5/c1-17(2,3)13-7-11(18)6-10(16(13)23)9-19-20-14-5-4-12(21(24)25)8-15(14)22(26)27/h4-9,20,23H,1-3H3/b19-9-. The summed E-state index contributed by atoms with van der Waals surface area (Å²) < 4.78 is 0.744. The lowest BCUT2D eigenvalue weighted by atomic mass is 9.85. The van der Waals surface area contributed by atoms with Gasteiger partial charge in [0.2, 0.25) is 0 Å². The van der Waals surface area contributed by atoms with Gasteiger partial charge in [-0.05, 0) is 23.6 Å². The Hall–Kier alpha value is -3.01. The fraction of sp³-hybridized carbons (Fsp3) is 0.235. The van der Waals surface area contributed by atoms with Gasteiger partial charge in [-0.15, -0.1) is 0 Å². The number of benzene rings is 2. The Morgan fingerprint density at radius 2 is 1.81 bits per heavy atom. The lowest BCUT2D eigenvalue weighted by Crippen LogP contribution is -2.12. The van der Waals surface area contributed by atoms with E-state index in [1.54, 1.807) is 12.1 Å². The van der Waals surface area contributed by atoms with Crippen molar-refractivity contribution in [2.24, 2.45) is 5.10 Å². The van der Waals surface area contributed by atoms with Crippen LogP contribution in [-0.2, 0) is 5.41 Å². The van der Waals surface area contributed by atoms with Crippen LogP contribution in [0.2, 0.25) is 0 Å². The predicted molar refractivity (Wildman–Crippen MR) is 105 cm³/mol. The van der Waals surface area contributed by atoms with Crippen LogP contribution >= 0.6 is 15.9 Å². The van der Waals surface area contributed by atoms with Crippen molar-refractivity contribution in [3.05, 3.63) is 66.2 Å². The van der Waals surface area contributed by atoms with Gasteiger partial charge >= 0.3 is 5.69 Å². The van der Waals surface area contributed by atoms with E-state index in [2.05, 4.69) is 26.5 Å². The molecule has 2 aromatic rings. The van der Waals surface area contributed by atoms with Gasteiger partial charge in [-0.2, -0.15) is 5.10 Å². The van der Waals surface area contributed by atoms with Crippen molar-refractivity contribution in [1.82, 2.24) is 0 Å². The van der Waals surface area contributed by atoms with Crippen LogP contribution in [0.5, 0.6) is 5.75 Å². The van der Waals surface area contributed by atoms with Gasteiger partial charge in [0.1, 0.15) is 11.4 Å². The number of halogens is 1. The summed E-state index contributed by atoms with van der Waals surface area (Å²) in [6.07, 6.45) is 1.32. The van der Waals surface area contributed by atoms with Crippen LogP contribution in [-0.4, -0.2) is 21.2 Å². The molecule has 0 saturated heterocycles. The highest BCUT2D eigenvalue weighted by molar-refractivity contribution is 9.10. The summed E-state index contributed by atoms with van der Waals surface area (Å²) in [5.41, 5.74) is 2.43. The van der Waals surface area contributed by atoms with Gasteiger partial charge in [-0.3, -0.25) is 25.7 Å². The van der Waals surface area contributed by atoms with Gasteiger partial charge < -0.3 is 5.11 Å². The minimum Gasteiger partial charge on any atom is -0.507 e. The van der Waals surface area contributed by atoms with E-state index in [-0.39, 0.29) is 16.9 Å². The monoisotopic (exact) mass is 436 g/mol. The number of phenols is 1. The molecule has 0 radical (unpaired) electrons. The predicted octanol–water partition coefficient (Wildman–Crippen LogP) is 4.71. The Bertz CT molecular complexity index is 938. The molecule has 10 heteroatoms. The van der Waals surface area contributed by atoms with E-state index in [1.807, 2.05) is 20.8 Å². The minimum absolute atomic E-state index is 0.00705. The van der Waals surface area contributed by atoms with Gasteiger partial charge in [0.25, 0.3) is 5.69 Å². The molecule has 0 unspecified atom stereocenters. The van der Waals surface area contributed by atoms with E-state index in [1.165, 1.54) is 12.3 Å². The lowest BCUT2D eigenvalue weighted by molar-refractivity contribution is -0.393. The molecular weight excluding hydrogens is 420 g/mol. The molecule has 0 aliphatic carbocycles. The lowest BCUT2D eigenvalue weighted by Gasteiger charge is -2.21. The average Bonchev–Trinajstić information content (AvgIpc) is 2.56. The topological polar surface area (TPSA) is 131 Å². The van der Waals surface area contributed by atoms with E-state index in [0.29, 0.717) is 11.1 Å². The van der Waals surface area contributed by atoms with Crippen LogP contribution in [0.1, 0.15) is 31.9 Å². The summed E-state index contributed by atoms with van der Waals surface area (Å²) >= 11 is 3.38. The number of hydrazone groups is 1. The number of non-ortho nitro benzene ring substituents is 1. The van der Waals surface area contributed by atoms with Gasteiger partial charge in [-0.25, -0.2) is 0 Å². The number of nitro groups is 2. The molecular formula is C17H17BrN4O5. The SMILES string of the molecule is CC(C)(C)c1cc(Br)cc(/C=N\Nc2ccc([N+](=O)[O-])cc2[N+](=O)[O-])c1O. The van der Waals surface area contributed by atoms with E-state index < -0.39 is 21.2 Å². The number of nitrogens with zero attached hydrogens (tertiary/aromatic N) is 3. The summed E-state index contributed by atoms with van der Waals surface area (Å²) in [6, 6.07) is 6.65. The molecule has 0 spiro atoms. The number of aromatic hydroxyl groups is 1. The van der Waals surface area contributed by atoms with Crippen molar-refractivity contribution in [3.8, 4) is 5.75 Å². The van der Waals surface area contributed by atoms with E-state index in [4.69, 9.17) is 0 Å². The van der Waals surface area contributed by atoms with Gasteiger partial charge in [0.15, 0.2) is 0 Å². The second-order valence-corrected chi connectivity index (χ2v) is 7.64. The molecule has 0 bridgehead atoms. The van der Waals surface area contributed by atoms with E-state index >= 15 is 0 Å². The number of hydrogen-bond acceptors (Lipinski definition) is 7. The zero-order chi connectivity index (χ0) is 20.4. The highest BCUT2D eigenvalue weighted by Crippen LogP contribution is 2.35. The van der Waals surface area contributed by atoms with E-state index in [9.17, 15) is 25.3 Å². The molecule has 0 saturated carbocycles. The van der Waals surface area contributed by atoms with Crippen LogP contribution in [0.4, 0.5) is 17.1 Å². The second kappa shape index (κ2) is 7.70. The first-order valence-electron chi connectivity index (χ1n) is 7.75. The molecule has 2 rings (SSSR count). The Labute approximate surface area is 163 Å². The Kier molecular flexibility index (Phi) is 5.79. The Morgan fingerprint density at radius 3 is 2.37 bits per heavy atom. The molecule has 0 aromatic heterocycles. The maximum absolute atomic E-state index is 11.1. The van der Waals surface area contributed by atoms with E-state index in [0.717, 1.165) is 16.6 Å². The summed E-state index contributed by atoms with van der Waals surface area (Å²) in [6.45, 7) is 5.86. The van der Waals surface area contributed by atoms with Crippen molar-refractivity contribution in [2.75, 3.05) is 5.43 Å². The number of nitrogens with one attached hydrogen (secondary N) is 1. The zero-order valence-electron chi connectivity index (χ0n) is 14.8. The maximum Gasteiger partial charge on any atom is 0.301 e. The van der Waals surface area contributed by atoms with Crippen molar-refractivity contribution in [3.63, 3.8) is 0 Å². The van der Waals surface area contributed by atoms with Crippen LogP contribution in [0.15, 0.2) is 39.9 Å². The summed E-state index contributed by atoms with van der Waals surface area (Å²) in [5.74, 6) is 0.0504. The molecule has 2 N–H and O–H groups in total. The summed E-state index contributed by atoms with van der Waals surface area (Å²) in [5, 5.41) is 36.3. The molecule has 0 aliphatic heterocycles. The van der Waals surface area contributed by atoms with Gasteiger partial charge in [0, 0.05) is 21.7 Å². The second-order valence-electron chi connectivity index (χ2n) is 6.73. The molecule has 2 aromatic carbocycles. The van der Waals surface area contributed by atoms with Gasteiger partial charge in [0.05, 0.1) is 22.1 Å². The van der Waals surface area contributed by atoms with Crippen molar-refractivity contribution < 1.29 is 15.0 Å². The maximum atomic E-state index is 11.1. The van der Waals surface area contributed by atoms with Crippen molar-refractivity contribution >= 4 is 39.2 Å². The molecule has 0 aliphatic rings. The third-order valence-corrected chi connectivity index (χ3v) is 4.15. The molecule has 9 nitrogen and oxygen atoms in total. The highest BCUT2D eigenvalue weighted by Gasteiger charge is 2.21. The van der Waals surface area contributed by atoms with Crippen LogP contribution in [0, 0.1) is 20.2 Å². The molecule has 0 amide bonds. The Balaban J connectivity index is 2.35. The fourth-order valence-electron chi connectivity index (χ4n) is 2.34. The third-order valence-electron chi connectivity index (χ3n) is 3.69. The number of hydrogen-bond donors (Lipinski definition) is 2. The number of anilines is 1. The third kappa shape index (κ3) is 4.79. The van der Waals surface area contributed by atoms with Crippen molar-refractivity contribution in [1.29, 1.82) is 0 Å². The largest absolute Gasteiger partial charge is 0.507 e. The Morgan fingerprint density at radius 1 is 1.15 bits per heavy atom. The molecule has 0 heterocycles. The van der Waals surface area contributed by atoms with Gasteiger partial charge in [-0.1, -0.05) is 36.7 Å². The number of nitro benzene ring substituents is 2. The molecule has 0 atom stereocenters. The summed E-state index contributed by atoms with van der Waals surface area (Å²) in [4.78, 5) is 20.4. The van der Waals surface area contributed by atoms with Crippen molar-refractivity contribution in [2.45, 2.75) is 26.2 Å². The quantitative estimate of drug-likeness (QED) is 0.396. The zero-order valence-corrected chi connectivity index (χ0v) is 16.3. The minimum atomic E-state index is -0.737. The number of phenolic OH excluding ortho intramolecular Hbond substituents is 1. The smallest absolute Gasteiger partial charge is 0.301 e. The molecule has 142 valence electrons. The van der Waals surface area contributed by atoms with Crippen LogP contribution < -0.4 is 5.43 Å². The van der Waals surface area contributed by atoms with Crippen LogP contribution in [0.25, 0.3) is 0 Å². The first kappa shape index (κ1) is 20.3. The molecule has 0 fully saturated rings. The fourth-order valence-corrected chi connectivity index (χ4v) is 2.82. The first-order valence-corrected chi connectivity index (χ1v) is 8.55. The first-order chi connectivity index (χ1) is 12.5. The highest BCUT2D eigenvalue weighted by atomic mass is 79.9. The van der Waals surface area contributed by atoms with Crippen LogP contribution in [0.3, 0.4) is 0 Å². The summed E-state index contributed by atoms with van der Waals surface area (Å²) in [7, 11) is 0. The average molecular weight is 437 g/mol.